The summed E-state index contributed by atoms with van der Waals surface area (Å²) in [4.78, 5) is 18.3. The molecule has 0 aliphatic carbocycles. The summed E-state index contributed by atoms with van der Waals surface area (Å²) in [6, 6.07) is 18.6. The van der Waals surface area contributed by atoms with Crippen LogP contribution in [0.2, 0.25) is 0 Å². The average Bonchev–Trinajstić information content (AvgIpc) is 2.70. The zero-order chi connectivity index (χ0) is 19.5. The Morgan fingerprint density at radius 1 is 0.964 bits per heavy atom. The van der Waals surface area contributed by atoms with E-state index in [1.165, 1.54) is 6.33 Å². The van der Waals surface area contributed by atoms with E-state index < -0.39 is 16.4 Å². The van der Waals surface area contributed by atoms with Gasteiger partial charge in [-0.3, -0.25) is 10.1 Å². The Hall–Kier alpha value is -4.07. The third-order valence-corrected chi connectivity index (χ3v) is 4.00. The summed E-state index contributed by atoms with van der Waals surface area (Å²) in [6.45, 7) is 0. The Morgan fingerprint density at radius 3 is 2.39 bits per heavy atom. The van der Waals surface area contributed by atoms with E-state index in [1.807, 2.05) is 30.3 Å². The molecule has 0 saturated carbocycles. The van der Waals surface area contributed by atoms with Gasteiger partial charge < -0.3 is 10.1 Å². The maximum atomic E-state index is 13.8. The van der Waals surface area contributed by atoms with Gasteiger partial charge in [-0.2, -0.15) is 4.39 Å². The van der Waals surface area contributed by atoms with Gasteiger partial charge >= 0.3 is 5.69 Å². The Morgan fingerprint density at radius 2 is 1.68 bits per heavy atom. The van der Waals surface area contributed by atoms with Gasteiger partial charge in [-0.25, -0.2) is 9.97 Å². The number of anilines is 2. The number of halogens is 1. The highest BCUT2D eigenvalue weighted by Gasteiger charge is 2.17. The van der Waals surface area contributed by atoms with Crippen molar-refractivity contribution in [2.24, 2.45) is 0 Å². The normalized spacial score (nSPS) is 10.6. The number of nitro benzene ring substituents is 1. The van der Waals surface area contributed by atoms with Crippen LogP contribution in [0.3, 0.4) is 0 Å². The molecular formula is C20H13FN4O3. The van der Waals surface area contributed by atoms with Gasteiger partial charge in [0, 0.05) is 17.8 Å². The number of nitrogens with zero attached hydrogens (tertiary/aromatic N) is 3. The molecule has 0 saturated heterocycles. The molecule has 0 bridgehead atoms. The molecule has 1 aromatic heterocycles. The number of fused-ring (bicyclic) bond motifs is 1. The van der Waals surface area contributed by atoms with Crippen molar-refractivity contribution in [1.82, 2.24) is 9.97 Å². The highest BCUT2D eigenvalue weighted by Crippen LogP contribution is 2.30. The van der Waals surface area contributed by atoms with Gasteiger partial charge in [0.1, 0.15) is 23.6 Å². The van der Waals surface area contributed by atoms with Gasteiger partial charge in [0.25, 0.3) is 0 Å². The molecule has 8 heteroatoms. The monoisotopic (exact) mass is 376 g/mol. The van der Waals surface area contributed by atoms with Crippen LogP contribution in [0.15, 0.2) is 73.1 Å². The number of hydrogen-bond donors (Lipinski definition) is 1. The molecule has 0 unspecified atom stereocenters. The second-order valence-corrected chi connectivity index (χ2v) is 5.86. The lowest BCUT2D eigenvalue weighted by Crippen LogP contribution is -1.99. The molecule has 0 spiro atoms. The highest BCUT2D eigenvalue weighted by molar-refractivity contribution is 5.92. The summed E-state index contributed by atoms with van der Waals surface area (Å²) >= 11 is 0. The van der Waals surface area contributed by atoms with Crippen molar-refractivity contribution in [2.75, 3.05) is 5.32 Å². The van der Waals surface area contributed by atoms with Gasteiger partial charge in [0.2, 0.25) is 5.82 Å². The molecule has 28 heavy (non-hydrogen) atoms. The molecule has 0 aliphatic heterocycles. The maximum absolute atomic E-state index is 13.8. The number of rotatable bonds is 5. The molecule has 0 radical (unpaired) electrons. The first kappa shape index (κ1) is 17.3. The molecule has 4 aromatic rings. The smallest absolute Gasteiger partial charge is 0.305 e. The summed E-state index contributed by atoms with van der Waals surface area (Å²) in [5.74, 6) is 0.774. The molecule has 0 amide bonds. The van der Waals surface area contributed by atoms with Crippen molar-refractivity contribution in [3.8, 4) is 11.5 Å². The summed E-state index contributed by atoms with van der Waals surface area (Å²) in [5.41, 5.74) is 0.328. The Labute approximate surface area is 158 Å². The molecule has 0 fully saturated rings. The minimum absolute atomic E-state index is 0.268. The minimum atomic E-state index is -0.940. The Bertz CT molecular complexity index is 1150. The lowest BCUT2D eigenvalue weighted by Gasteiger charge is -2.10. The van der Waals surface area contributed by atoms with Gasteiger partial charge in [0.15, 0.2) is 0 Å². The predicted octanol–water partition coefficient (Wildman–Crippen LogP) is 5.21. The van der Waals surface area contributed by atoms with E-state index in [-0.39, 0.29) is 5.52 Å². The van der Waals surface area contributed by atoms with E-state index in [4.69, 9.17) is 4.74 Å². The number of nitro groups is 1. The summed E-state index contributed by atoms with van der Waals surface area (Å²) in [7, 11) is 0. The molecule has 0 atom stereocenters. The van der Waals surface area contributed by atoms with Crippen LogP contribution in [0, 0.1) is 15.9 Å². The van der Waals surface area contributed by atoms with Crippen LogP contribution >= 0.6 is 0 Å². The van der Waals surface area contributed by atoms with E-state index in [1.54, 1.807) is 24.3 Å². The van der Waals surface area contributed by atoms with Crippen molar-refractivity contribution < 1.29 is 14.1 Å². The van der Waals surface area contributed by atoms with Crippen molar-refractivity contribution in [3.05, 3.63) is 89.0 Å². The third kappa shape index (κ3) is 3.56. The van der Waals surface area contributed by atoms with E-state index in [2.05, 4.69) is 15.3 Å². The SMILES string of the molecule is O=[N+]([O-])c1cc2c(Nc3ccc(Oc4ccccc4)cc3)ncnc2cc1F. The molecular weight excluding hydrogens is 363 g/mol. The van der Waals surface area contributed by atoms with Crippen LogP contribution in [0.4, 0.5) is 21.6 Å². The Kier molecular flexibility index (Phi) is 4.51. The van der Waals surface area contributed by atoms with E-state index in [9.17, 15) is 14.5 Å². The molecule has 138 valence electrons. The van der Waals surface area contributed by atoms with Gasteiger partial charge in [-0.15, -0.1) is 0 Å². The molecule has 1 heterocycles. The van der Waals surface area contributed by atoms with Crippen molar-refractivity contribution in [2.45, 2.75) is 0 Å². The zero-order valence-corrected chi connectivity index (χ0v) is 14.4. The fraction of sp³-hybridized carbons (Fsp3) is 0. The topological polar surface area (TPSA) is 90.2 Å². The van der Waals surface area contributed by atoms with Crippen molar-refractivity contribution >= 4 is 28.1 Å². The molecule has 3 aromatic carbocycles. The van der Waals surface area contributed by atoms with Gasteiger partial charge in [-0.05, 0) is 36.4 Å². The average molecular weight is 376 g/mol. The van der Waals surface area contributed by atoms with Crippen LogP contribution in [-0.4, -0.2) is 14.9 Å². The number of aromatic nitrogens is 2. The lowest BCUT2D eigenvalue weighted by molar-refractivity contribution is -0.387. The summed E-state index contributed by atoms with van der Waals surface area (Å²) in [5, 5.41) is 14.4. The zero-order valence-electron chi connectivity index (χ0n) is 14.4. The van der Waals surface area contributed by atoms with Crippen molar-refractivity contribution in [1.29, 1.82) is 0 Å². The standard InChI is InChI=1S/C20H13FN4O3/c21-17-11-18-16(10-19(17)25(26)27)20(23-12-22-18)24-13-6-8-15(9-7-13)28-14-4-2-1-3-5-14/h1-12H,(H,22,23,24). The molecule has 7 nitrogen and oxygen atoms in total. The lowest BCUT2D eigenvalue weighted by atomic mass is 10.2. The van der Waals surface area contributed by atoms with Gasteiger partial charge in [0.05, 0.1) is 15.8 Å². The minimum Gasteiger partial charge on any atom is -0.457 e. The predicted molar refractivity (Wildman–Crippen MR) is 102 cm³/mol. The number of hydrogen-bond acceptors (Lipinski definition) is 6. The maximum Gasteiger partial charge on any atom is 0.305 e. The summed E-state index contributed by atoms with van der Waals surface area (Å²) in [6.07, 6.45) is 1.27. The van der Waals surface area contributed by atoms with Crippen LogP contribution in [0.1, 0.15) is 0 Å². The number of para-hydroxylation sites is 1. The van der Waals surface area contributed by atoms with Crippen LogP contribution in [-0.2, 0) is 0 Å². The van der Waals surface area contributed by atoms with E-state index in [0.717, 1.165) is 17.9 Å². The van der Waals surface area contributed by atoms with Crippen LogP contribution in [0.5, 0.6) is 11.5 Å². The molecule has 0 aliphatic rings. The van der Waals surface area contributed by atoms with Crippen LogP contribution < -0.4 is 10.1 Å². The number of nitrogens with one attached hydrogen (secondary N) is 1. The number of ether oxygens (including phenoxy) is 1. The molecule has 4 rings (SSSR count). The number of benzene rings is 3. The first-order valence-electron chi connectivity index (χ1n) is 8.29. The second-order valence-electron chi connectivity index (χ2n) is 5.86. The fourth-order valence-corrected chi connectivity index (χ4v) is 2.67. The van der Waals surface area contributed by atoms with E-state index >= 15 is 0 Å². The molecule has 1 N–H and O–H groups in total. The van der Waals surface area contributed by atoms with Crippen LogP contribution in [0.25, 0.3) is 10.9 Å². The highest BCUT2D eigenvalue weighted by atomic mass is 19.1. The van der Waals surface area contributed by atoms with Crippen molar-refractivity contribution in [3.63, 3.8) is 0 Å². The first-order valence-corrected chi connectivity index (χ1v) is 8.29. The Balaban J connectivity index is 1.61. The largest absolute Gasteiger partial charge is 0.457 e. The van der Waals surface area contributed by atoms with Gasteiger partial charge in [-0.1, -0.05) is 18.2 Å². The first-order chi connectivity index (χ1) is 13.6. The fourth-order valence-electron chi connectivity index (χ4n) is 2.67. The second kappa shape index (κ2) is 7.28. The third-order valence-electron chi connectivity index (χ3n) is 4.00. The summed E-state index contributed by atoms with van der Waals surface area (Å²) < 4.78 is 19.6. The quantitative estimate of drug-likeness (QED) is 0.380. The van der Waals surface area contributed by atoms with E-state index in [0.29, 0.717) is 22.6 Å².